The Hall–Kier alpha value is -0.477. The molecule has 0 aliphatic rings. The average molecular weight is 240 g/mol. The number of nitrogens with one attached hydrogen (secondary N) is 1. The monoisotopic (exact) mass is 238 g/mol. The van der Waals surface area contributed by atoms with Gasteiger partial charge in [0.25, 0.3) is 0 Å². The van der Waals surface area contributed by atoms with E-state index < -0.39 is 12.0 Å². The van der Waals surface area contributed by atoms with Crippen LogP contribution in [0.4, 0.5) is 0 Å². The molecule has 0 spiro atoms. The molecule has 0 saturated heterocycles. The molecule has 0 aliphatic carbocycles. The van der Waals surface area contributed by atoms with Crippen molar-refractivity contribution in [3.8, 4) is 0 Å². The Labute approximate surface area is 89.8 Å². The summed E-state index contributed by atoms with van der Waals surface area (Å²) in [5, 5.41) is 10.9. The smallest absolute Gasteiger partial charge is 0.320 e. The minimum atomic E-state index is -1.07. The van der Waals surface area contributed by atoms with E-state index in [1.165, 1.54) is 0 Å². The topological polar surface area (TPSA) is 92.4 Å². The largest absolute Gasteiger partial charge is 0.480 e. The molecule has 0 aromatic heterocycles. The van der Waals surface area contributed by atoms with Gasteiger partial charge in [-0.3, -0.25) is 9.59 Å². The quantitative estimate of drug-likeness (QED) is 0.554. The fraction of sp³-hybridized carbons (Fsp3) is 0.714. The second-order valence-corrected chi connectivity index (χ2v) is 2.44. The van der Waals surface area contributed by atoms with Crippen LogP contribution < -0.4 is 11.1 Å². The molecule has 0 fully saturated rings. The van der Waals surface area contributed by atoms with Crippen molar-refractivity contribution >= 4 is 11.9 Å². The fourth-order valence-electron chi connectivity index (χ4n) is 0.696. The Balaban J connectivity index is 0. The number of carbonyl (C=O) groups excluding carboxylic acids is 1. The molecule has 0 radical (unpaired) electrons. The third kappa shape index (κ3) is 7.87. The van der Waals surface area contributed by atoms with Crippen molar-refractivity contribution in [1.29, 1.82) is 0 Å². The molecule has 1 atom stereocenters. The minimum Gasteiger partial charge on any atom is -0.480 e. The normalized spacial score (nSPS) is 11.2. The first-order valence-corrected chi connectivity index (χ1v) is 3.83. The predicted octanol–water partition coefficient (Wildman–Crippen LogP) is -0.688. The molecular formula is C7H14N2O3Zn. The van der Waals surface area contributed by atoms with Crippen LogP contribution in [0.15, 0.2) is 0 Å². The summed E-state index contributed by atoms with van der Waals surface area (Å²) in [4.78, 5) is 21.0. The number of hydrogen-bond donors (Lipinski definition) is 3. The predicted molar refractivity (Wildman–Crippen MR) is 43.5 cm³/mol. The van der Waals surface area contributed by atoms with E-state index in [1.54, 1.807) is 6.92 Å². The number of rotatable bonds is 5. The van der Waals surface area contributed by atoms with E-state index in [9.17, 15) is 9.59 Å². The van der Waals surface area contributed by atoms with Crippen LogP contribution in [0.5, 0.6) is 0 Å². The number of carboxylic acids is 1. The summed E-state index contributed by atoms with van der Waals surface area (Å²) in [5.74, 6) is -1.23. The van der Waals surface area contributed by atoms with Gasteiger partial charge in [0.2, 0.25) is 5.91 Å². The van der Waals surface area contributed by atoms with Crippen molar-refractivity contribution in [2.24, 2.45) is 5.73 Å². The first-order valence-electron chi connectivity index (χ1n) is 3.83. The molecule has 0 aliphatic heterocycles. The van der Waals surface area contributed by atoms with Gasteiger partial charge in [-0.1, -0.05) is 0 Å². The molecule has 72 valence electrons. The van der Waals surface area contributed by atoms with E-state index in [0.717, 1.165) is 0 Å². The van der Waals surface area contributed by atoms with E-state index in [2.05, 4.69) is 5.32 Å². The van der Waals surface area contributed by atoms with Crippen LogP contribution in [0.3, 0.4) is 0 Å². The fourth-order valence-corrected chi connectivity index (χ4v) is 0.696. The Bertz CT molecular complexity index is 175. The molecule has 1 amide bonds. The summed E-state index contributed by atoms with van der Waals surface area (Å²) in [7, 11) is 0. The standard InChI is InChI=1S/C7H14N2O3.Zn/c1-2-9-6(10)4-3-5(8)7(11)12;/h5H,2-4,8H2,1H3,(H,9,10)(H,11,12);/t5-;/m0./s1. The van der Waals surface area contributed by atoms with Gasteiger partial charge < -0.3 is 16.2 Å². The van der Waals surface area contributed by atoms with E-state index in [4.69, 9.17) is 10.8 Å². The van der Waals surface area contributed by atoms with E-state index >= 15 is 0 Å². The Morgan fingerprint density at radius 3 is 2.46 bits per heavy atom. The van der Waals surface area contributed by atoms with Gasteiger partial charge in [0.15, 0.2) is 0 Å². The molecule has 0 rings (SSSR count). The zero-order chi connectivity index (χ0) is 9.56. The molecule has 0 aromatic rings. The number of carboxylic acid groups (broad SMARTS) is 1. The first-order chi connectivity index (χ1) is 5.57. The van der Waals surface area contributed by atoms with Crippen molar-refractivity contribution in [3.05, 3.63) is 0 Å². The Morgan fingerprint density at radius 2 is 2.08 bits per heavy atom. The van der Waals surface area contributed by atoms with Crippen LogP contribution in [-0.4, -0.2) is 29.6 Å². The van der Waals surface area contributed by atoms with Crippen molar-refractivity contribution in [1.82, 2.24) is 5.32 Å². The maximum absolute atomic E-state index is 10.8. The van der Waals surface area contributed by atoms with Crippen LogP contribution in [0.25, 0.3) is 0 Å². The maximum atomic E-state index is 10.8. The second kappa shape index (κ2) is 8.14. The van der Waals surface area contributed by atoms with Gasteiger partial charge >= 0.3 is 5.97 Å². The van der Waals surface area contributed by atoms with Crippen LogP contribution in [0.1, 0.15) is 19.8 Å². The molecule has 0 unspecified atom stereocenters. The van der Waals surface area contributed by atoms with Crippen molar-refractivity contribution in [3.63, 3.8) is 0 Å². The van der Waals surface area contributed by atoms with Crippen molar-refractivity contribution < 1.29 is 34.2 Å². The van der Waals surface area contributed by atoms with Gasteiger partial charge in [-0.2, -0.15) is 0 Å². The van der Waals surface area contributed by atoms with Gasteiger partial charge in [0.1, 0.15) is 6.04 Å². The van der Waals surface area contributed by atoms with Gasteiger partial charge in [-0.25, -0.2) is 0 Å². The summed E-state index contributed by atoms with van der Waals surface area (Å²) in [6.45, 7) is 2.36. The van der Waals surface area contributed by atoms with E-state index in [0.29, 0.717) is 6.54 Å². The van der Waals surface area contributed by atoms with Crippen molar-refractivity contribution in [2.75, 3.05) is 6.54 Å². The Kier molecular flexibility index (Phi) is 9.40. The zero-order valence-electron chi connectivity index (χ0n) is 7.75. The number of aliphatic carboxylic acids is 1. The van der Waals surface area contributed by atoms with Gasteiger partial charge in [-0.05, 0) is 13.3 Å². The molecule has 13 heavy (non-hydrogen) atoms. The average Bonchev–Trinajstić information content (AvgIpc) is 2.00. The summed E-state index contributed by atoms with van der Waals surface area (Å²) < 4.78 is 0. The zero-order valence-corrected chi connectivity index (χ0v) is 10.7. The molecule has 4 N–H and O–H groups in total. The van der Waals surface area contributed by atoms with Crippen LogP contribution in [0, 0.1) is 0 Å². The number of amides is 1. The van der Waals surface area contributed by atoms with E-state index in [1.807, 2.05) is 0 Å². The molecular weight excluding hydrogens is 225 g/mol. The third-order valence-electron chi connectivity index (χ3n) is 1.37. The summed E-state index contributed by atoms with van der Waals surface area (Å²) >= 11 is 0. The first kappa shape index (κ1) is 15.0. The number of hydrogen-bond acceptors (Lipinski definition) is 3. The van der Waals surface area contributed by atoms with Crippen LogP contribution >= 0.6 is 0 Å². The van der Waals surface area contributed by atoms with Gasteiger partial charge in [0, 0.05) is 32.4 Å². The van der Waals surface area contributed by atoms with Crippen molar-refractivity contribution in [2.45, 2.75) is 25.8 Å². The second-order valence-electron chi connectivity index (χ2n) is 2.44. The summed E-state index contributed by atoms with van der Waals surface area (Å²) in [6.07, 6.45) is 0.350. The van der Waals surface area contributed by atoms with Gasteiger partial charge in [-0.15, -0.1) is 0 Å². The van der Waals surface area contributed by atoms with Crippen LogP contribution in [0.2, 0.25) is 0 Å². The third-order valence-corrected chi connectivity index (χ3v) is 1.37. The molecule has 0 saturated carbocycles. The SMILES string of the molecule is CCNC(=O)CC[C@H](N)C(=O)O.[Zn]. The summed E-state index contributed by atoms with van der Waals surface area (Å²) in [5.41, 5.74) is 5.18. The van der Waals surface area contributed by atoms with Crippen LogP contribution in [-0.2, 0) is 29.1 Å². The maximum Gasteiger partial charge on any atom is 0.320 e. The molecule has 0 bridgehead atoms. The van der Waals surface area contributed by atoms with E-state index in [-0.39, 0.29) is 38.2 Å². The molecule has 6 heteroatoms. The Morgan fingerprint density at radius 1 is 1.54 bits per heavy atom. The summed E-state index contributed by atoms with van der Waals surface area (Å²) in [6, 6.07) is -0.937. The molecule has 0 heterocycles. The van der Waals surface area contributed by atoms with Gasteiger partial charge in [0.05, 0.1) is 0 Å². The number of nitrogens with two attached hydrogens (primary N) is 1. The number of carbonyl (C=O) groups is 2. The molecule has 0 aromatic carbocycles. The minimum absolute atomic E-state index is 0. The molecule has 5 nitrogen and oxygen atoms in total.